The largest absolute Gasteiger partial charge is 0.373 e. The molecule has 7 heteroatoms. The van der Waals surface area contributed by atoms with Crippen LogP contribution in [-0.2, 0) is 11.3 Å². The number of nitrogens with one attached hydrogen (secondary N) is 2. The van der Waals surface area contributed by atoms with Crippen molar-refractivity contribution < 1.29 is 4.74 Å². The fraction of sp³-hybridized carbons (Fsp3) is 0.500. The molecule has 4 heterocycles. The molecule has 7 nitrogen and oxygen atoms in total. The lowest BCUT2D eigenvalue weighted by molar-refractivity contribution is 0.0992. The van der Waals surface area contributed by atoms with Crippen molar-refractivity contribution in [2.75, 3.05) is 6.54 Å². The van der Waals surface area contributed by atoms with Gasteiger partial charge in [0.1, 0.15) is 0 Å². The fourth-order valence-electron chi connectivity index (χ4n) is 3.54. The van der Waals surface area contributed by atoms with E-state index in [4.69, 9.17) is 9.73 Å². The molecule has 2 aromatic heterocycles. The molecule has 2 aliphatic rings. The number of hydrogen-bond acceptors (Lipinski definition) is 4. The number of guanidine groups is 1. The van der Waals surface area contributed by atoms with E-state index in [-0.39, 0.29) is 0 Å². The van der Waals surface area contributed by atoms with Gasteiger partial charge >= 0.3 is 0 Å². The first kappa shape index (κ1) is 16.1. The highest BCUT2D eigenvalue weighted by molar-refractivity contribution is 5.80. The number of fused-ring (bicyclic) bond motifs is 2. The topological polar surface area (TPSA) is 76.4 Å². The maximum Gasteiger partial charge on any atom is 0.191 e. The molecular weight excluding hydrogens is 316 g/mol. The minimum Gasteiger partial charge on any atom is -0.373 e. The van der Waals surface area contributed by atoms with Crippen molar-refractivity contribution in [3.8, 4) is 5.82 Å². The molecule has 3 unspecified atom stereocenters. The molecule has 0 saturated carbocycles. The van der Waals surface area contributed by atoms with Gasteiger partial charge in [-0.05, 0) is 49.9 Å². The van der Waals surface area contributed by atoms with Gasteiger partial charge in [-0.3, -0.25) is 0 Å². The summed E-state index contributed by atoms with van der Waals surface area (Å²) < 4.78 is 7.67. The van der Waals surface area contributed by atoms with Crippen LogP contribution in [0.1, 0.15) is 31.7 Å². The zero-order chi connectivity index (χ0) is 17.1. The van der Waals surface area contributed by atoms with Crippen LogP contribution < -0.4 is 10.6 Å². The second-order valence-electron chi connectivity index (χ2n) is 6.53. The van der Waals surface area contributed by atoms with Crippen molar-refractivity contribution in [1.29, 1.82) is 0 Å². The van der Waals surface area contributed by atoms with Gasteiger partial charge in [0.25, 0.3) is 0 Å². The normalized spacial score (nSPS) is 25.3. The van der Waals surface area contributed by atoms with Gasteiger partial charge in [-0.25, -0.2) is 14.7 Å². The summed E-state index contributed by atoms with van der Waals surface area (Å²) in [6.07, 6.45) is 9.62. The molecule has 2 aromatic rings. The third-order valence-electron chi connectivity index (χ3n) is 4.74. The number of rotatable bonds is 5. The van der Waals surface area contributed by atoms with Crippen molar-refractivity contribution in [2.45, 2.75) is 51.0 Å². The maximum absolute atomic E-state index is 5.92. The second-order valence-corrected chi connectivity index (χ2v) is 6.53. The van der Waals surface area contributed by atoms with E-state index in [0.717, 1.165) is 36.7 Å². The summed E-state index contributed by atoms with van der Waals surface area (Å²) >= 11 is 0. The van der Waals surface area contributed by atoms with Crippen molar-refractivity contribution >= 4 is 5.96 Å². The Bertz CT molecular complexity index is 729. The van der Waals surface area contributed by atoms with Crippen LogP contribution in [0.3, 0.4) is 0 Å². The van der Waals surface area contributed by atoms with Gasteiger partial charge in [0.05, 0.1) is 24.8 Å². The van der Waals surface area contributed by atoms with Crippen molar-refractivity contribution in [1.82, 2.24) is 25.4 Å². The smallest absolute Gasteiger partial charge is 0.191 e. The first-order valence-corrected chi connectivity index (χ1v) is 8.97. The predicted molar refractivity (Wildman–Crippen MR) is 95.6 cm³/mol. The first-order valence-electron chi connectivity index (χ1n) is 8.97. The fourth-order valence-corrected chi connectivity index (χ4v) is 3.54. The van der Waals surface area contributed by atoms with Crippen LogP contribution >= 0.6 is 0 Å². The van der Waals surface area contributed by atoms with Crippen LogP contribution in [0.25, 0.3) is 5.82 Å². The minimum atomic E-state index is 0.334. The molecule has 2 bridgehead atoms. The average Bonchev–Trinajstić information content (AvgIpc) is 3.38. The van der Waals surface area contributed by atoms with Gasteiger partial charge in [-0.2, -0.15) is 5.10 Å². The standard InChI is InChI=1S/C18H24N6O/c1-2-19-18(23-15-11-14-4-5-16(15)25-14)21-12-13-6-8-20-17(10-13)24-9-3-7-22-24/h3,6-10,14-16H,2,4-5,11-12H2,1H3,(H2,19,21,23). The summed E-state index contributed by atoms with van der Waals surface area (Å²) in [7, 11) is 0. The molecule has 0 amide bonds. The van der Waals surface area contributed by atoms with Crippen molar-refractivity contribution in [3.63, 3.8) is 0 Å². The molecule has 2 fully saturated rings. The SMILES string of the molecule is CCNC(=NCc1ccnc(-n2cccn2)c1)NC1CC2CCC1O2. The molecule has 0 aliphatic carbocycles. The molecule has 2 saturated heterocycles. The van der Waals surface area contributed by atoms with Crippen molar-refractivity contribution in [3.05, 3.63) is 42.4 Å². The van der Waals surface area contributed by atoms with Gasteiger partial charge in [-0.15, -0.1) is 0 Å². The van der Waals surface area contributed by atoms with Crippen LogP contribution in [0.4, 0.5) is 0 Å². The Morgan fingerprint density at radius 1 is 1.40 bits per heavy atom. The van der Waals surface area contributed by atoms with Gasteiger partial charge in [0.15, 0.2) is 11.8 Å². The summed E-state index contributed by atoms with van der Waals surface area (Å²) in [4.78, 5) is 9.09. The van der Waals surface area contributed by atoms with Crippen LogP contribution in [0.2, 0.25) is 0 Å². The van der Waals surface area contributed by atoms with E-state index in [1.165, 1.54) is 6.42 Å². The zero-order valence-corrected chi connectivity index (χ0v) is 14.4. The molecule has 0 radical (unpaired) electrons. The zero-order valence-electron chi connectivity index (χ0n) is 14.4. The van der Waals surface area contributed by atoms with E-state index in [0.29, 0.717) is 24.8 Å². The maximum atomic E-state index is 5.92. The third kappa shape index (κ3) is 3.66. The lowest BCUT2D eigenvalue weighted by atomic mass is 9.96. The van der Waals surface area contributed by atoms with Gasteiger partial charge in [-0.1, -0.05) is 0 Å². The molecule has 4 rings (SSSR count). The Balaban J connectivity index is 1.43. The Labute approximate surface area is 147 Å². The highest BCUT2D eigenvalue weighted by Gasteiger charge is 2.41. The van der Waals surface area contributed by atoms with Gasteiger partial charge < -0.3 is 15.4 Å². The number of aromatic nitrogens is 3. The van der Waals surface area contributed by atoms with Gasteiger partial charge in [0, 0.05) is 25.1 Å². The van der Waals surface area contributed by atoms with Crippen LogP contribution in [-0.4, -0.2) is 45.5 Å². The molecule has 3 atom stereocenters. The highest BCUT2D eigenvalue weighted by atomic mass is 16.5. The summed E-state index contributed by atoms with van der Waals surface area (Å²) in [5.41, 5.74) is 1.10. The Morgan fingerprint density at radius 3 is 3.08 bits per heavy atom. The first-order chi connectivity index (χ1) is 12.3. The molecular formula is C18H24N6O. The van der Waals surface area contributed by atoms with Crippen LogP contribution in [0.15, 0.2) is 41.8 Å². The van der Waals surface area contributed by atoms with E-state index in [1.807, 2.05) is 24.4 Å². The average molecular weight is 340 g/mol. The number of ether oxygens (including phenoxy) is 1. The lowest BCUT2D eigenvalue weighted by Gasteiger charge is -2.22. The molecule has 0 spiro atoms. The summed E-state index contributed by atoms with van der Waals surface area (Å²) in [6.45, 7) is 3.51. The molecule has 2 N–H and O–H groups in total. The number of pyridine rings is 1. The van der Waals surface area contributed by atoms with E-state index < -0.39 is 0 Å². The Morgan fingerprint density at radius 2 is 2.36 bits per heavy atom. The Kier molecular flexibility index (Phi) is 4.65. The highest BCUT2D eigenvalue weighted by Crippen LogP contribution is 2.34. The molecule has 132 valence electrons. The Hall–Kier alpha value is -2.41. The third-order valence-corrected chi connectivity index (χ3v) is 4.74. The summed E-state index contributed by atoms with van der Waals surface area (Å²) in [5.74, 6) is 1.65. The quantitative estimate of drug-likeness (QED) is 0.639. The van der Waals surface area contributed by atoms with E-state index in [1.54, 1.807) is 17.1 Å². The lowest BCUT2D eigenvalue weighted by Crippen LogP contribution is -2.47. The molecule has 25 heavy (non-hydrogen) atoms. The van der Waals surface area contributed by atoms with E-state index in [2.05, 4.69) is 27.6 Å². The molecule has 2 aliphatic heterocycles. The minimum absolute atomic E-state index is 0.334. The number of hydrogen-bond donors (Lipinski definition) is 2. The van der Waals surface area contributed by atoms with E-state index in [9.17, 15) is 0 Å². The molecule has 0 aromatic carbocycles. The van der Waals surface area contributed by atoms with Crippen molar-refractivity contribution in [2.24, 2.45) is 4.99 Å². The second kappa shape index (κ2) is 7.23. The van der Waals surface area contributed by atoms with Crippen LogP contribution in [0.5, 0.6) is 0 Å². The number of aliphatic imine (C=N–C) groups is 1. The predicted octanol–water partition coefficient (Wildman–Crippen LogP) is 1.64. The van der Waals surface area contributed by atoms with E-state index >= 15 is 0 Å². The number of nitrogens with zero attached hydrogens (tertiary/aromatic N) is 4. The van der Waals surface area contributed by atoms with Gasteiger partial charge in [0.2, 0.25) is 0 Å². The van der Waals surface area contributed by atoms with Crippen LogP contribution in [0, 0.1) is 0 Å². The summed E-state index contributed by atoms with van der Waals surface area (Å²) in [6, 6.07) is 6.26. The monoisotopic (exact) mass is 340 g/mol. The summed E-state index contributed by atoms with van der Waals surface area (Å²) in [5, 5.41) is 11.1.